The average molecular weight is 199 g/mol. The van der Waals surface area contributed by atoms with Gasteiger partial charge in [0.1, 0.15) is 0 Å². The maximum Gasteiger partial charge on any atom is 0.0620 e. The van der Waals surface area contributed by atoms with E-state index >= 15 is 0 Å². The molecule has 0 amide bonds. The number of hydrogen-bond acceptors (Lipinski definition) is 2. The van der Waals surface area contributed by atoms with Gasteiger partial charge in [-0.05, 0) is 51.6 Å². The van der Waals surface area contributed by atoms with Gasteiger partial charge in [-0.2, -0.15) is 0 Å². The van der Waals surface area contributed by atoms with Gasteiger partial charge in [-0.25, -0.2) is 0 Å². The molecule has 0 aromatic carbocycles. The zero-order chi connectivity index (χ0) is 10.8. The Kier molecular flexibility index (Phi) is 3.96. The van der Waals surface area contributed by atoms with Crippen molar-refractivity contribution in [2.24, 2.45) is 11.8 Å². The average Bonchev–Trinajstić information content (AvgIpc) is 2.02. The summed E-state index contributed by atoms with van der Waals surface area (Å²) in [6.45, 7) is 11.9. The Labute approximate surface area is 88.3 Å². The second kappa shape index (κ2) is 4.63. The fraction of sp³-hybridized carbons (Fsp3) is 1.00. The summed E-state index contributed by atoms with van der Waals surface area (Å²) in [6, 6.07) is 0. The standard InChI is InChI=1S/C12H25NO/c1-10(2)9-13-7-5-11(6-8-13)12(3,4)14/h10-11,14H,5-9H2,1-4H3. The molecule has 0 unspecified atom stereocenters. The lowest BCUT2D eigenvalue weighted by molar-refractivity contribution is -0.0137. The van der Waals surface area contributed by atoms with Crippen LogP contribution in [0, 0.1) is 11.8 Å². The first-order chi connectivity index (χ1) is 6.39. The van der Waals surface area contributed by atoms with Crippen LogP contribution < -0.4 is 0 Å². The topological polar surface area (TPSA) is 23.5 Å². The van der Waals surface area contributed by atoms with Crippen LogP contribution in [0.4, 0.5) is 0 Å². The van der Waals surface area contributed by atoms with Crippen LogP contribution in [0.15, 0.2) is 0 Å². The van der Waals surface area contributed by atoms with Gasteiger partial charge in [-0.1, -0.05) is 13.8 Å². The van der Waals surface area contributed by atoms with E-state index in [0.717, 1.165) is 31.8 Å². The van der Waals surface area contributed by atoms with Crippen molar-refractivity contribution in [2.45, 2.75) is 46.1 Å². The van der Waals surface area contributed by atoms with E-state index in [1.165, 1.54) is 6.54 Å². The minimum Gasteiger partial charge on any atom is -0.390 e. The van der Waals surface area contributed by atoms with Crippen LogP contribution in [-0.2, 0) is 0 Å². The lowest BCUT2D eigenvalue weighted by Crippen LogP contribution is -2.42. The normalized spacial score (nSPS) is 21.9. The molecule has 0 aliphatic carbocycles. The number of likely N-dealkylation sites (tertiary alicyclic amines) is 1. The maximum atomic E-state index is 9.89. The molecule has 1 rings (SSSR count). The third-order valence-corrected chi connectivity index (χ3v) is 3.21. The zero-order valence-electron chi connectivity index (χ0n) is 10.1. The molecular weight excluding hydrogens is 174 g/mol. The van der Waals surface area contributed by atoms with Crippen molar-refractivity contribution in [2.75, 3.05) is 19.6 Å². The molecule has 0 bridgehead atoms. The number of rotatable bonds is 3. The highest BCUT2D eigenvalue weighted by Crippen LogP contribution is 2.27. The highest BCUT2D eigenvalue weighted by atomic mass is 16.3. The van der Waals surface area contributed by atoms with Crippen LogP contribution in [0.25, 0.3) is 0 Å². The van der Waals surface area contributed by atoms with Crippen molar-refractivity contribution >= 4 is 0 Å². The van der Waals surface area contributed by atoms with Crippen LogP contribution in [0.5, 0.6) is 0 Å². The number of nitrogens with zero attached hydrogens (tertiary/aromatic N) is 1. The second-order valence-corrected chi connectivity index (χ2v) is 5.62. The van der Waals surface area contributed by atoms with Crippen molar-refractivity contribution in [3.8, 4) is 0 Å². The summed E-state index contributed by atoms with van der Waals surface area (Å²) in [6.07, 6.45) is 2.30. The summed E-state index contributed by atoms with van der Waals surface area (Å²) >= 11 is 0. The number of aliphatic hydroxyl groups is 1. The van der Waals surface area contributed by atoms with Gasteiger partial charge < -0.3 is 10.0 Å². The third kappa shape index (κ3) is 3.58. The molecule has 0 spiro atoms. The van der Waals surface area contributed by atoms with Crippen LogP contribution in [0.3, 0.4) is 0 Å². The fourth-order valence-corrected chi connectivity index (χ4v) is 2.34. The first-order valence-electron chi connectivity index (χ1n) is 5.84. The smallest absolute Gasteiger partial charge is 0.0620 e. The van der Waals surface area contributed by atoms with E-state index in [2.05, 4.69) is 18.7 Å². The third-order valence-electron chi connectivity index (χ3n) is 3.21. The molecule has 1 fully saturated rings. The Hall–Kier alpha value is -0.0800. The second-order valence-electron chi connectivity index (χ2n) is 5.62. The van der Waals surface area contributed by atoms with Gasteiger partial charge in [-0.15, -0.1) is 0 Å². The van der Waals surface area contributed by atoms with E-state index in [-0.39, 0.29) is 0 Å². The molecule has 1 aliphatic rings. The molecular formula is C12H25NO. The first-order valence-corrected chi connectivity index (χ1v) is 5.84. The van der Waals surface area contributed by atoms with Crippen molar-refractivity contribution in [1.82, 2.24) is 4.90 Å². The summed E-state index contributed by atoms with van der Waals surface area (Å²) in [4.78, 5) is 2.52. The van der Waals surface area contributed by atoms with Gasteiger partial charge in [0.25, 0.3) is 0 Å². The fourth-order valence-electron chi connectivity index (χ4n) is 2.34. The Morgan fingerprint density at radius 2 is 1.79 bits per heavy atom. The summed E-state index contributed by atoms with van der Waals surface area (Å²) in [5.74, 6) is 1.25. The highest BCUT2D eigenvalue weighted by molar-refractivity contribution is 4.83. The Morgan fingerprint density at radius 1 is 1.29 bits per heavy atom. The predicted octanol–water partition coefficient (Wildman–Crippen LogP) is 2.13. The lowest BCUT2D eigenvalue weighted by atomic mass is 9.83. The molecule has 0 saturated carbocycles. The predicted molar refractivity (Wildman–Crippen MR) is 60.3 cm³/mol. The Bertz CT molecular complexity index is 164. The summed E-state index contributed by atoms with van der Waals surface area (Å²) in [7, 11) is 0. The van der Waals surface area contributed by atoms with Crippen LogP contribution >= 0.6 is 0 Å². The van der Waals surface area contributed by atoms with E-state index in [1.807, 2.05) is 13.8 Å². The SMILES string of the molecule is CC(C)CN1CCC(C(C)(C)O)CC1. The van der Waals surface area contributed by atoms with Crippen LogP contribution in [0.1, 0.15) is 40.5 Å². The molecule has 2 nitrogen and oxygen atoms in total. The van der Waals surface area contributed by atoms with Crippen molar-refractivity contribution in [3.05, 3.63) is 0 Å². The first kappa shape index (κ1) is 12.0. The van der Waals surface area contributed by atoms with E-state index in [4.69, 9.17) is 0 Å². The maximum absolute atomic E-state index is 9.89. The molecule has 14 heavy (non-hydrogen) atoms. The molecule has 1 saturated heterocycles. The molecule has 0 aromatic rings. The minimum atomic E-state index is -0.482. The molecule has 0 radical (unpaired) electrons. The molecule has 84 valence electrons. The van der Waals surface area contributed by atoms with E-state index < -0.39 is 5.60 Å². The molecule has 1 N–H and O–H groups in total. The summed E-state index contributed by atoms with van der Waals surface area (Å²) in [5.41, 5.74) is -0.482. The molecule has 1 heterocycles. The molecule has 0 aromatic heterocycles. The quantitative estimate of drug-likeness (QED) is 0.752. The monoisotopic (exact) mass is 199 g/mol. The highest BCUT2D eigenvalue weighted by Gasteiger charge is 2.30. The van der Waals surface area contributed by atoms with E-state index in [1.54, 1.807) is 0 Å². The molecule has 0 atom stereocenters. The summed E-state index contributed by atoms with van der Waals surface area (Å²) in [5, 5.41) is 9.89. The number of piperidine rings is 1. The van der Waals surface area contributed by atoms with Crippen LogP contribution in [0.2, 0.25) is 0 Å². The molecule has 2 heteroatoms. The summed E-state index contributed by atoms with van der Waals surface area (Å²) < 4.78 is 0. The Morgan fingerprint density at radius 3 is 2.14 bits per heavy atom. The van der Waals surface area contributed by atoms with Gasteiger partial charge in [0, 0.05) is 6.54 Å². The number of hydrogen-bond donors (Lipinski definition) is 1. The van der Waals surface area contributed by atoms with E-state index in [9.17, 15) is 5.11 Å². The zero-order valence-corrected chi connectivity index (χ0v) is 10.1. The van der Waals surface area contributed by atoms with Crippen molar-refractivity contribution < 1.29 is 5.11 Å². The van der Waals surface area contributed by atoms with Gasteiger partial charge >= 0.3 is 0 Å². The Balaban J connectivity index is 2.31. The van der Waals surface area contributed by atoms with E-state index in [0.29, 0.717) is 5.92 Å². The van der Waals surface area contributed by atoms with Crippen LogP contribution in [-0.4, -0.2) is 35.2 Å². The lowest BCUT2D eigenvalue weighted by Gasteiger charge is -2.38. The van der Waals surface area contributed by atoms with Crippen molar-refractivity contribution in [3.63, 3.8) is 0 Å². The van der Waals surface area contributed by atoms with Crippen molar-refractivity contribution in [1.29, 1.82) is 0 Å². The van der Waals surface area contributed by atoms with Gasteiger partial charge in [-0.3, -0.25) is 0 Å². The van der Waals surface area contributed by atoms with Gasteiger partial charge in [0.2, 0.25) is 0 Å². The van der Waals surface area contributed by atoms with Gasteiger partial charge in [0.05, 0.1) is 5.60 Å². The largest absolute Gasteiger partial charge is 0.390 e. The minimum absolute atomic E-state index is 0.482. The van der Waals surface area contributed by atoms with Gasteiger partial charge in [0.15, 0.2) is 0 Å². The molecule has 1 aliphatic heterocycles.